The van der Waals surface area contributed by atoms with Crippen molar-refractivity contribution >= 4 is 34.4 Å². The Morgan fingerprint density at radius 1 is 1.12 bits per heavy atom. The van der Waals surface area contributed by atoms with Crippen molar-refractivity contribution in [3.05, 3.63) is 64.7 Å². The zero-order valence-corrected chi connectivity index (χ0v) is 18.7. The van der Waals surface area contributed by atoms with Gasteiger partial charge in [-0.25, -0.2) is 4.98 Å². The van der Waals surface area contributed by atoms with Gasteiger partial charge in [0.25, 0.3) is 0 Å². The zero-order valence-electron chi connectivity index (χ0n) is 18.0. The monoisotopic (exact) mass is 463 g/mol. The highest BCUT2D eigenvalue weighted by atomic mass is 35.5. The predicted octanol–water partition coefficient (Wildman–Crippen LogP) is 4.31. The Hall–Kier alpha value is -3.62. The summed E-state index contributed by atoms with van der Waals surface area (Å²) in [6.07, 6.45) is 0. The Balaban J connectivity index is 1.41. The molecule has 1 saturated heterocycles. The highest BCUT2D eigenvalue weighted by Gasteiger charge is 2.15. The molecular weight excluding hydrogens is 442 g/mol. The van der Waals surface area contributed by atoms with E-state index in [1.165, 1.54) is 0 Å². The minimum atomic E-state index is -0.514. The fourth-order valence-corrected chi connectivity index (χ4v) is 4.10. The number of hydrogen-bond acceptors (Lipinski definition) is 6. The number of amides is 1. The highest BCUT2D eigenvalue weighted by Crippen LogP contribution is 2.32. The number of nitrogens with zero attached hydrogens (tertiary/aromatic N) is 3. The molecule has 0 radical (unpaired) electrons. The van der Waals surface area contributed by atoms with Gasteiger partial charge in [-0.1, -0.05) is 29.8 Å². The lowest BCUT2D eigenvalue weighted by Gasteiger charge is -2.28. The minimum Gasteiger partial charge on any atom is -0.426 e. The molecule has 9 heteroatoms. The Kier molecular flexibility index (Phi) is 5.62. The molecule has 1 fully saturated rings. The zero-order chi connectivity index (χ0) is 22.9. The van der Waals surface area contributed by atoms with Crippen LogP contribution >= 0.6 is 11.6 Å². The molecule has 0 bridgehead atoms. The largest absolute Gasteiger partial charge is 0.426 e. The second kappa shape index (κ2) is 8.73. The van der Waals surface area contributed by atoms with Crippen molar-refractivity contribution in [2.45, 2.75) is 6.92 Å². The maximum Gasteiger partial charge on any atom is 0.301 e. The van der Waals surface area contributed by atoms with Gasteiger partial charge in [0, 0.05) is 29.9 Å². The van der Waals surface area contributed by atoms with Gasteiger partial charge in [-0.2, -0.15) is 4.98 Å². The summed E-state index contributed by atoms with van der Waals surface area (Å²) in [5, 5.41) is 0.503. The van der Waals surface area contributed by atoms with E-state index in [2.05, 4.69) is 32.0 Å². The number of imidazole rings is 1. The number of carbonyl (C=O) groups excluding carboxylic acids is 1. The van der Waals surface area contributed by atoms with E-state index in [-0.39, 0.29) is 6.01 Å². The number of fused-ring (bicyclic) bond motifs is 1. The van der Waals surface area contributed by atoms with E-state index in [0.717, 1.165) is 43.1 Å². The number of aryl methyl sites for hydroxylation is 1. The maximum absolute atomic E-state index is 11.6. The van der Waals surface area contributed by atoms with Crippen molar-refractivity contribution in [3.63, 3.8) is 0 Å². The first-order valence-electron chi connectivity index (χ1n) is 10.6. The van der Waals surface area contributed by atoms with Crippen LogP contribution in [0.1, 0.15) is 15.9 Å². The van der Waals surface area contributed by atoms with Gasteiger partial charge in [-0.15, -0.1) is 0 Å². The molecule has 168 valence electrons. The Labute approximate surface area is 195 Å². The molecule has 33 heavy (non-hydrogen) atoms. The number of aromatic amines is 1. The molecule has 2 aromatic heterocycles. The summed E-state index contributed by atoms with van der Waals surface area (Å²) in [4.78, 5) is 26.0. The average molecular weight is 464 g/mol. The third-order valence-electron chi connectivity index (χ3n) is 5.61. The molecule has 0 spiro atoms. The molecule has 1 aliphatic heterocycles. The number of primary amides is 1. The second-order valence-electron chi connectivity index (χ2n) is 7.82. The van der Waals surface area contributed by atoms with E-state index in [0.29, 0.717) is 33.2 Å². The molecule has 3 heterocycles. The van der Waals surface area contributed by atoms with Gasteiger partial charge >= 0.3 is 6.01 Å². The molecular formula is C24H22ClN5O3. The summed E-state index contributed by atoms with van der Waals surface area (Å²) < 4.78 is 11.2. The lowest BCUT2D eigenvalue weighted by Crippen LogP contribution is -2.36. The lowest BCUT2D eigenvalue weighted by atomic mass is 10.1. The van der Waals surface area contributed by atoms with Crippen LogP contribution in [0, 0.1) is 6.92 Å². The summed E-state index contributed by atoms with van der Waals surface area (Å²) in [5.74, 6) is -0.0706. The maximum atomic E-state index is 11.6. The quantitative estimate of drug-likeness (QED) is 0.456. The number of morpholine rings is 1. The fourth-order valence-electron chi connectivity index (χ4n) is 3.84. The molecule has 1 amide bonds. The first-order chi connectivity index (χ1) is 16.0. The molecule has 0 atom stereocenters. The van der Waals surface area contributed by atoms with Gasteiger partial charge in [0.05, 0.1) is 29.4 Å². The fraction of sp³-hybridized carbons (Fsp3) is 0.208. The van der Waals surface area contributed by atoms with E-state index in [4.69, 9.17) is 26.8 Å². The number of H-pyrrole nitrogens is 1. The number of nitrogens with two attached hydrogens (primary N) is 1. The molecule has 1 aliphatic rings. The normalized spacial score (nSPS) is 13.9. The molecule has 0 aliphatic carbocycles. The molecule has 2 aromatic carbocycles. The van der Waals surface area contributed by atoms with Crippen LogP contribution in [0.3, 0.4) is 0 Å². The molecule has 4 aromatic rings. The Morgan fingerprint density at radius 3 is 2.61 bits per heavy atom. The van der Waals surface area contributed by atoms with E-state index < -0.39 is 5.91 Å². The summed E-state index contributed by atoms with van der Waals surface area (Å²) >= 11 is 6.54. The van der Waals surface area contributed by atoms with Crippen molar-refractivity contribution in [2.75, 3.05) is 31.2 Å². The van der Waals surface area contributed by atoms with Gasteiger partial charge in [0.1, 0.15) is 5.75 Å². The summed E-state index contributed by atoms with van der Waals surface area (Å²) in [6.45, 7) is 5.04. The van der Waals surface area contributed by atoms with Crippen LogP contribution < -0.4 is 15.4 Å². The van der Waals surface area contributed by atoms with Crippen LogP contribution in [0.4, 0.5) is 5.69 Å². The molecule has 5 rings (SSSR count). The SMILES string of the molecule is Cc1ccc(Oc2nc3nc(-c4ccc(N5CCOCC5)cc4)c(Cl)cc3[nH]2)cc1C(N)=O. The van der Waals surface area contributed by atoms with Gasteiger partial charge in [-0.05, 0) is 42.8 Å². The predicted molar refractivity (Wildman–Crippen MR) is 127 cm³/mol. The number of aromatic nitrogens is 3. The number of rotatable bonds is 5. The standard InChI is InChI=1S/C24H22ClN5O3/c1-14-2-7-17(12-18(14)22(26)31)33-24-27-20-13-19(25)21(28-23(20)29-24)15-3-5-16(6-4-15)30-8-10-32-11-9-30/h2-7,12-13H,8-11H2,1H3,(H2,26,31)(H,27,28,29). The van der Waals surface area contributed by atoms with Crippen molar-refractivity contribution in [1.29, 1.82) is 0 Å². The first kappa shape index (κ1) is 21.2. The van der Waals surface area contributed by atoms with Crippen LogP contribution in [-0.2, 0) is 4.74 Å². The van der Waals surface area contributed by atoms with Crippen LogP contribution in [0.5, 0.6) is 11.8 Å². The number of hydrogen-bond donors (Lipinski definition) is 2. The topological polar surface area (TPSA) is 106 Å². The number of ether oxygens (including phenoxy) is 2. The molecule has 0 saturated carbocycles. The summed E-state index contributed by atoms with van der Waals surface area (Å²) in [6, 6.07) is 15.3. The molecule has 8 nitrogen and oxygen atoms in total. The van der Waals surface area contributed by atoms with Gasteiger partial charge in [0.15, 0.2) is 5.65 Å². The first-order valence-corrected chi connectivity index (χ1v) is 10.9. The molecule has 0 unspecified atom stereocenters. The number of anilines is 1. The van der Waals surface area contributed by atoms with E-state index in [9.17, 15) is 4.79 Å². The summed E-state index contributed by atoms with van der Waals surface area (Å²) in [7, 11) is 0. The summed E-state index contributed by atoms with van der Waals surface area (Å²) in [5.41, 5.74) is 10.4. The van der Waals surface area contributed by atoms with Crippen molar-refractivity contribution < 1.29 is 14.3 Å². The van der Waals surface area contributed by atoms with Crippen LogP contribution in [0.25, 0.3) is 22.4 Å². The van der Waals surface area contributed by atoms with Crippen LogP contribution in [0.15, 0.2) is 48.5 Å². The average Bonchev–Trinajstić information content (AvgIpc) is 3.21. The van der Waals surface area contributed by atoms with Crippen molar-refractivity contribution in [3.8, 4) is 23.0 Å². The van der Waals surface area contributed by atoms with Crippen LogP contribution in [0.2, 0.25) is 5.02 Å². The highest BCUT2D eigenvalue weighted by molar-refractivity contribution is 6.33. The third-order valence-corrected chi connectivity index (χ3v) is 5.90. The Bertz CT molecular complexity index is 1330. The number of halogens is 1. The number of pyridine rings is 1. The number of carbonyl (C=O) groups is 1. The van der Waals surface area contributed by atoms with Gasteiger partial charge in [-0.3, -0.25) is 4.79 Å². The van der Waals surface area contributed by atoms with Gasteiger partial charge in [0.2, 0.25) is 5.91 Å². The number of nitrogens with one attached hydrogen (secondary N) is 1. The van der Waals surface area contributed by atoms with E-state index in [1.807, 2.05) is 19.1 Å². The second-order valence-corrected chi connectivity index (χ2v) is 8.23. The minimum absolute atomic E-state index is 0.243. The molecule has 3 N–H and O–H groups in total. The number of benzene rings is 2. The van der Waals surface area contributed by atoms with E-state index in [1.54, 1.807) is 24.3 Å². The van der Waals surface area contributed by atoms with Crippen molar-refractivity contribution in [2.24, 2.45) is 5.73 Å². The van der Waals surface area contributed by atoms with Gasteiger partial charge < -0.3 is 25.1 Å². The van der Waals surface area contributed by atoms with Crippen LogP contribution in [-0.4, -0.2) is 47.2 Å². The van der Waals surface area contributed by atoms with E-state index >= 15 is 0 Å². The Morgan fingerprint density at radius 2 is 1.88 bits per heavy atom. The lowest BCUT2D eigenvalue weighted by molar-refractivity contribution is 0.0999. The smallest absolute Gasteiger partial charge is 0.301 e. The third kappa shape index (κ3) is 4.35. The van der Waals surface area contributed by atoms with Crippen molar-refractivity contribution in [1.82, 2.24) is 15.0 Å².